The van der Waals surface area contributed by atoms with E-state index in [0.29, 0.717) is 5.92 Å². The summed E-state index contributed by atoms with van der Waals surface area (Å²) in [5.74, 6) is 0.847. The number of halogens is 1. The molecule has 1 N–H and O–H groups in total. The Hall–Kier alpha value is -0.340. The van der Waals surface area contributed by atoms with Gasteiger partial charge in [0.15, 0.2) is 0 Å². The van der Waals surface area contributed by atoms with E-state index in [2.05, 4.69) is 48.0 Å². The van der Waals surface area contributed by atoms with Crippen molar-refractivity contribution >= 4 is 15.9 Å². The smallest absolute Gasteiger partial charge is 0.0497 e. The van der Waals surface area contributed by atoms with Gasteiger partial charge in [0.1, 0.15) is 0 Å². The third-order valence-corrected chi connectivity index (χ3v) is 3.98. The third kappa shape index (κ3) is 3.08. The maximum Gasteiger partial charge on any atom is 0.0497 e. The molecule has 1 rings (SSSR count). The molecule has 0 aliphatic carbocycles. The van der Waals surface area contributed by atoms with E-state index < -0.39 is 0 Å². The van der Waals surface area contributed by atoms with E-state index in [9.17, 15) is 0 Å². The Kier molecular flexibility index (Phi) is 5.50. The number of hydrogen-bond acceptors (Lipinski definition) is 1. The Morgan fingerprint density at radius 3 is 2.31 bits per heavy atom. The van der Waals surface area contributed by atoms with Crippen molar-refractivity contribution in [3.05, 3.63) is 33.8 Å². The van der Waals surface area contributed by atoms with Gasteiger partial charge in [-0.05, 0) is 36.0 Å². The predicted octanol–water partition coefficient (Wildman–Crippen LogP) is 4.45. The largest absolute Gasteiger partial charge is 0.396 e. The highest BCUT2D eigenvalue weighted by Gasteiger charge is 2.12. The molecule has 0 amide bonds. The van der Waals surface area contributed by atoms with E-state index in [1.165, 1.54) is 28.4 Å². The van der Waals surface area contributed by atoms with Gasteiger partial charge in [-0.1, -0.05) is 48.8 Å². The van der Waals surface area contributed by atoms with Crippen LogP contribution in [0.1, 0.15) is 56.6 Å². The first-order valence-electron chi connectivity index (χ1n) is 6.04. The molecule has 0 saturated heterocycles. The molecule has 2 heteroatoms. The molecule has 1 nitrogen and oxygen atoms in total. The quantitative estimate of drug-likeness (QED) is 0.847. The lowest BCUT2D eigenvalue weighted by Crippen LogP contribution is -2.02. The van der Waals surface area contributed by atoms with Crippen molar-refractivity contribution in [1.29, 1.82) is 0 Å². The SMILES string of the molecule is CCC(CC)c1ccc(C(C)CO)cc1Br. The molecule has 1 aromatic carbocycles. The maximum atomic E-state index is 9.13. The van der Waals surface area contributed by atoms with Crippen molar-refractivity contribution in [3.8, 4) is 0 Å². The van der Waals surface area contributed by atoms with Gasteiger partial charge < -0.3 is 5.11 Å². The molecular formula is C14H21BrO. The minimum atomic E-state index is 0.205. The normalized spacial score (nSPS) is 13.1. The number of benzene rings is 1. The van der Waals surface area contributed by atoms with E-state index in [-0.39, 0.29) is 12.5 Å². The van der Waals surface area contributed by atoms with Crippen molar-refractivity contribution in [2.24, 2.45) is 0 Å². The van der Waals surface area contributed by atoms with E-state index in [0.717, 1.165) is 0 Å². The summed E-state index contributed by atoms with van der Waals surface area (Å²) >= 11 is 3.65. The van der Waals surface area contributed by atoms with Crippen LogP contribution in [-0.4, -0.2) is 11.7 Å². The Balaban J connectivity index is 2.99. The van der Waals surface area contributed by atoms with Crippen LogP contribution in [0.2, 0.25) is 0 Å². The van der Waals surface area contributed by atoms with Gasteiger partial charge in [-0.2, -0.15) is 0 Å². The second kappa shape index (κ2) is 6.41. The van der Waals surface area contributed by atoms with Gasteiger partial charge in [0.25, 0.3) is 0 Å². The first-order chi connectivity index (χ1) is 7.63. The Bertz CT molecular complexity index is 332. The van der Waals surface area contributed by atoms with Crippen LogP contribution in [0.25, 0.3) is 0 Å². The van der Waals surface area contributed by atoms with E-state index in [1.807, 2.05) is 6.92 Å². The van der Waals surface area contributed by atoms with Crippen LogP contribution < -0.4 is 0 Å². The van der Waals surface area contributed by atoms with Gasteiger partial charge in [0.05, 0.1) is 0 Å². The van der Waals surface area contributed by atoms with Crippen LogP contribution in [0.3, 0.4) is 0 Å². The lowest BCUT2D eigenvalue weighted by molar-refractivity contribution is 0.273. The Morgan fingerprint density at radius 2 is 1.88 bits per heavy atom. The zero-order valence-electron chi connectivity index (χ0n) is 10.3. The lowest BCUT2D eigenvalue weighted by atomic mass is 9.91. The first kappa shape index (κ1) is 13.7. The van der Waals surface area contributed by atoms with Crippen molar-refractivity contribution in [1.82, 2.24) is 0 Å². The average Bonchev–Trinajstić information content (AvgIpc) is 2.31. The average molecular weight is 285 g/mol. The lowest BCUT2D eigenvalue weighted by Gasteiger charge is -2.17. The molecule has 90 valence electrons. The summed E-state index contributed by atoms with van der Waals surface area (Å²) in [7, 11) is 0. The van der Waals surface area contributed by atoms with Gasteiger partial charge >= 0.3 is 0 Å². The Labute approximate surface area is 107 Å². The Morgan fingerprint density at radius 1 is 1.25 bits per heavy atom. The number of aliphatic hydroxyl groups is 1. The summed E-state index contributed by atoms with van der Waals surface area (Å²) in [6, 6.07) is 6.48. The van der Waals surface area contributed by atoms with Crippen LogP contribution in [0, 0.1) is 0 Å². The molecule has 0 spiro atoms. The number of rotatable bonds is 5. The second-order valence-corrected chi connectivity index (χ2v) is 5.23. The minimum absolute atomic E-state index is 0.205. The summed E-state index contributed by atoms with van der Waals surface area (Å²) in [4.78, 5) is 0. The van der Waals surface area contributed by atoms with Crippen molar-refractivity contribution in [3.63, 3.8) is 0 Å². The molecular weight excluding hydrogens is 264 g/mol. The highest BCUT2D eigenvalue weighted by Crippen LogP contribution is 2.32. The van der Waals surface area contributed by atoms with Crippen LogP contribution in [0.15, 0.2) is 22.7 Å². The van der Waals surface area contributed by atoms with Crippen LogP contribution >= 0.6 is 15.9 Å². The van der Waals surface area contributed by atoms with Crippen molar-refractivity contribution in [2.45, 2.75) is 45.4 Å². The zero-order valence-corrected chi connectivity index (χ0v) is 11.9. The highest BCUT2D eigenvalue weighted by atomic mass is 79.9. The van der Waals surface area contributed by atoms with E-state index in [4.69, 9.17) is 5.11 Å². The molecule has 0 saturated carbocycles. The molecule has 1 atom stereocenters. The minimum Gasteiger partial charge on any atom is -0.396 e. The predicted molar refractivity (Wildman–Crippen MR) is 73.0 cm³/mol. The summed E-state index contributed by atoms with van der Waals surface area (Å²) in [6.07, 6.45) is 2.34. The van der Waals surface area contributed by atoms with Gasteiger partial charge in [-0.25, -0.2) is 0 Å². The topological polar surface area (TPSA) is 20.2 Å². The zero-order chi connectivity index (χ0) is 12.1. The highest BCUT2D eigenvalue weighted by molar-refractivity contribution is 9.10. The molecule has 0 aromatic heterocycles. The van der Waals surface area contributed by atoms with Crippen molar-refractivity contribution < 1.29 is 5.11 Å². The molecule has 0 fully saturated rings. The van der Waals surface area contributed by atoms with Crippen LogP contribution in [0.4, 0.5) is 0 Å². The van der Waals surface area contributed by atoms with Crippen molar-refractivity contribution in [2.75, 3.05) is 6.61 Å². The number of aliphatic hydroxyl groups excluding tert-OH is 1. The molecule has 0 aliphatic heterocycles. The molecule has 0 aliphatic rings. The van der Waals surface area contributed by atoms with Gasteiger partial charge in [0, 0.05) is 17.0 Å². The molecule has 16 heavy (non-hydrogen) atoms. The third-order valence-electron chi connectivity index (χ3n) is 3.29. The molecule has 1 aromatic rings. The monoisotopic (exact) mass is 284 g/mol. The maximum absolute atomic E-state index is 9.13. The van der Waals surface area contributed by atoms with E-state index >= 15 is 0 Å². The standard InChI is InChI=1S/C14H21BrO/c1-4-11(5-2)13-7-6-12(8-14(13)15)10(3)9-16/h6-8,10-11,16H,4-5,9H2,1-3H3. The van der Waals surface area contributed by atoms with E-state index in [1.54, 1.807) is 0 Å². The fourth-order valence-corrected chi connectivity index (χ4v) is 2.74. The number of hydrogen-bond donors (Lipinski definition) is 1. The molecule has 0 heterocycles. The summed E-state index contributed by atoms with van der Waals surface area (Å²) in [6.45, 7) is 6.70. The molecule has 0 bridgehead atoms. The first-order valence-corrected chi connectivity index (χ1v) is 6.83. The summed E-state index contributed by atoms with van der Waals surface area (Å²) in [5.41, 5.74) is 2.59. The fraction of sp³-hybridized carbons (Fsp3) is 0.571. The molecule has 1 unspecified atom stereocenters. The van der Waals surface area contributed by atoms with Crippen LogP contribution in [-0.2, 0) is 0 Å². The van der Waals surface area contributed by atoms with Crippen LogP contribution in [0.5, 0.6) is 0 Å². The fourth-order valence-electron chi connectivity index (χ4n) is 2.01. The van der Waals surface area contributed by atoms with Gasteiger partial charge in [-0.15, -0.1) is 0 Å². The summed E-state index contributed by atoms with van der Waals surface area (Å²) < 4.78 is 1.18. The summed E-state index contributed by atoms with van der Waals surface area (Å²) in [5, 5.41) is 9.13. The van der Waals surface area contributed by atoms with Gasteiger partial charge in [0.2, 0.25) is 0 Å². The van der Waals surface area contributed by atoms with Gasteiger partial charge in [-0.3, -0.25) is 0 Å². The second-order valence-electron chi connectivity index (χ2n) is 4.38. The molecule has 0 radical (unpaired) electrons.